The maximum Gasteiger partial charge on any atom is 0.278 e. The number of benzene rings is 3. The van der Waals surface area contributed by atoms with Crippen molar-refractivity contribution >= 4 is 61.8 Å². The highest BCUT2D eigenvalue weighted by Gasteiger charge is 2.36. The van der Waals surface area contributed by atoms with Gasteiger partial charge in [-0.1, -0.05) is 25.1 Å². The molecule has 11 heteroatoms. The van der Waals surface area contributed by atoms with E-state index in [2.05, 4.69) is 34.4 Å². The predicted molar refractivity (Wildman–Crippen MR) is 169 cm³/mol. The zero-order valence-electron chi connectivity index (χ0n) is 24.7. The molecule has 0 saturated heterocycles. The molecule has 3 aromatic rings. The molecule has 4 rings (SSSR count). The normalized spacial score (nSPS) is 14.1. The number of amidine groups is 1. The molecule has 0 saturated carbocycles. The van der Waals surface area contributed by atoms with Crippen LogP contribution in [-0.2, 0) is 19.6 Å². The smallest absolute Gasteiger partial charge is 0.278 e. The summed E-state index contributed by atoms with van der Waals surface area (Å²) < 4.78 is 27.9. The van der Waals surface area contributed by atoms with Crippen molar-refractivity contribution in [3.05, 3.63) is 71.8 Å². The van der Waals surface area contributed by atoms with Crippen LogP contribution in [0.15, 0.2) is 75.5 Å². The molecule has 2 amide bonds. The Morgan fingerprint density at radius 3 is 2.31 bits per heavy atom. The van der Waals surface area contributed by atoms with Crippen LogP contribution in [-0.4, -0.2) is 56.2 Å². The van der Waals surface area contributed by atoms with Gasteiger partial charge < -0.3 is 15.5 Å². The fraction of sp³-hybridized carbons (Fsp3) is 0.290. The van der Waals surface area contributed by atoms with Gasteiger partial charge in [-0.25, -0.2) is 18.4 Å². The van der Waals surface area contributed by atoms with Crippen LogP contribution >= 0.6 is 0 Å². The molecule has 1 aliphatic heterocycles. The van der Waals surface area contributed by atoms with E-state index in [4.69, 9.17) is 4.99 Å². The lowest BCUT2D eigenvalue weighted by Crippen LogP contribution is -2.44. The van der Waals surface area contributed by atoms with Crippen molar-refractivity contribution in [2.45, 2.75) is 45.9 Å². The Morgan fingerprint density at radius 1 is 0.929 bits per heavy atom. The zero-order valence-corrected chi connectivity index (χ0v) is 25.5. The van der Waals surface area contributed by atoms with Crippen LogP contribution in [0.3, 0.4) is 0 Å². The molecule has 2 N–H and O–H groups in total. The van der Waals surface area contributed by atoms with E-state index in [1.165, 1.54) is 13.1 Å². The minimum Gasteiger partial charge on any atom is -0.372 e. The SMILES string of the molecule is CCC(=O)Nc1ccc(C)c(NC(=O)C(=Nc2ccc(N(CC)CC)cc2C)C2=Nc3ccccc3S(=O)(=O)N2C)c1. The standard InChI is InChI=1S/C31H36N6O4S/c1-7-28(38)32-22-15-14-20(4)26(19-22)35-31(39)29(33-24-17-16-23(18-21(24)5)37(8-2)9-3)30-34-25-12-10-11-13-27(25)42(40,41)36(30)6/h10-19H,7-9H2,1-6H3,(H,32,38)(H,35,39). The van der Waals surface area contributed by atoms with Gasteiger partial charge in [-0.15, -0.1) is 0 Å². The van der Waals surface area contributed by atoms with E-state index in [1.54, 1.807) is 43.3 Å². The Bertz CT molecular complexity index is 1690. The molecule has 1 aliphatic rings. The van der Waals surface area contributed by atoms with Gasteiger partial charge >= 0.3 is 0 Å². The molecule has 3 aromatic carbocycles. The number of para-hydroxylation sites is 1. The molecule has 0 radical (unpaired) electrons. The third kappa shape index (κ3) is 6.20. The largest absolute Gasteiger partial charge is 0.372 e. The summed E-state index contributed by atoms with van der Waals surface area (Å²) in [6.07, 6.45) is 0.306. The Balaban J connectivity index is 1.84. The molecule has 0 aromatic heterocycles. The van der Waals surface area contributed by atoms with Crippen molar-refractivity contribution in [3.63, 3.8) is 0 Å². The minimum atomic E-state index is -3.99. The number of aryl methyl sites for hydroxylation is 2. The van der Waals surface area contributed by atoms with E-state index in [1.807, 2.05) is 32.0 Å². The third-order valence-corrected chi connectivity index (χ3v) is 8.88. The number of anilines is 3. The van der Waals surface area contributed by atoms with Gasteiger partial charge in [-0.2, -0.15) is 0 Å². The first-order valence-corrected chi connectivity index (χ1v) is 15.3. The lowest BCUT2D eigenvalue weighted by Gasteiger charge is -2.27. The molecule has 0 atom stereocenters. The number of fused-ring (bicyclic) bond motifs is 1. The predicted octanol–water partition coefficient (Wildman–Crippen LogP) is 5.57. The van der Waals surface area contributed by atoms with Crippen LogP contribution in [0.25, 0.3) is 0 Å². The summed E-state index contributed by atoms with van der Waals surface area (Å²) in [6, 6.07) is 17.3. The average molecular weight is 589 g/mol. The van der Waals surface area contributed by atoms with Gasteiger partial charge in [0, 0.05) is 43.6 Å². The summed E-state index contributed by atoms with van der Waals surface area (Å²) in [7, 11) is -2.64. The number of nitrogens with one attached hydrogen (secondary N) is 2. The second-order valence-electron chi connectivity index (χ2n) is 9.86. The Kier molecular flexibility index (Phi) is 9.11. The van der Waals surface area contributed by atoms with Gasteiger partial charge in [0.2, 0.25) is 5.91 Å². The van der Waals surface area contributed by atoms with Gasteiger partial charge in [-0.3, -0.25) is 13.9 Å². The van der Waals surface area contributed by atoms with Crippen molar-refractivity contribution in [3.8, 4) is 0 Å². The van der Waals surface area contributed by atoms with Crippen LogP contribution in [0, 0.1) is 13.8 Å². The first-order valence-electron chi connectivity index (χ1n) is 13.8. The molecule has 0 fully saturated rings. The van der Waals surface area contributed by atoms with E-state index in [-0.39, 0.29) is 28.0 Å². The monoisotopic (exact) mass is 588 g/mol. The third-order valence-electron chi connectivity index (χ3n) is 7.09. The summed E-state index contributed by atoms with van der Waals surface area (Å²) in [5.74, 6) is -0.917. The highest BCUT2D eigenvalue weighted by molar-refractivity contribution is 7.90. The van der Waals surface area contributed by atoms with Gasteiger partial charge in [0.15, 0.2) is 11.5 Å². The Hall–Kier alpha value is -4.51. The molecule has 0 aliphatic carbocycles. The quantitative estimate of drug-likeness (QED) is 0.316. The van der Waals surface area contributed by atoms with Crippen molar-refractivity contribution in [2.24, 2.45) is 9.98 Å². The zero-order chi connectivity index (χ0) is 30.6. The Morgan fingerprint density at radius 2 is 1.64 bits per heavy atom. The molecule has 0 spiro atoms. The lowest BCUT2D eigenvalue weighted by molar-refractivity contribution is -0.116. The van der Waals surface area contributed by atoms with E-state index in [0.717, 1.165) is 34.2 Å². The average Bonchev–Trinajstić information content (AvgIpc) is 2.97. The van der Waals surface area contributed by atoms with E-state index >= 15 is 0 Å². The van der Waals surface area contributed by atoms with Gasteiger partial charge in [0.25, 0.3) is 15.9 Å². The van der Waals surface area contributed by atoms with Crippen LogP contribution in [0.1, 0.15) is 38.3 Å². The molecule has 220 valence electrons. The van der Waals surface area contributed by atoms with E-state index in [0.29, 0.717) is 23.5 Å². The summed E-state index contributed by atoms with van der Waals surface area (Å²) in [5, 5.41) is 5.66. The number of carbonyl (C=O) groups is 2. The van der Waals surface area contributed by atoms with E-state index in [9.17, 15) is 18.0 Å². The second kappa shape index (κ2) is 12.6. The molecule has 0 bridgehead atoms. The fourth-order valence-electron chi connectivity index (χ4n) is 4.55. The topological polar surface area (TPSA) is 124 Å². The first-order chi connectivity index (χ1) is 20.0. The second-order valence-corrected chi connectivity index (χ2v) is 11.8. The van der Waals surface area contributed by atoms with Crippen LogP contribution in [0.2, 0.25) is 0 Å². The maximum atomic E-state index is 14.0. The molecule has 1 heterocycles. The lowest BCUT2D eigenvalue weighted by atomic mass is 10.1. The minimum absolute atomic E-state index is 0.0472. The van der Waals surface area contributed by atoms with Crippen molar-refractivity contribution in [1.82, 2.24) is 4.31 Å². The molecule has 10 nitrogen and oxygen atoms in total. The van der Waals surface area contributed by atoms with Gasteiger partial charge in [0.05, 0.1) is 11.4 Å². The highest BCUT2D eigenvalue weighted by Crippen LogP contribution is 2.33. The number of aliphatic imine (C=N–C) groups is 2. The molecular weight excluding hydrogens is 552 g/mol. The fourth-order valence-corrected chi connectivity index (χ4v) is 5.83. The summed E-state index contributed by atoms with van der Waals surface area (Å²) in [5.41, 5.74) is 4.10. The van der Waals surface area contributed by atoms with Gasteiger partial charge in [-0.05, 0) is 81.3 Å². The number of hydrogen-bond acceptors (Lipinski definition) is 7. The van der Waals surface area contributed by atoms with Crippen LogP contribution < -0.4 is 15.5 Å². The number of amides is 2. The summed E-state index contributed by atoms with van der Waals surface area (Å²) in [4.78, 5) is 37.5. The highest BCUT2D eigenvalue weighted by atomic mass is 32.2. The van der Waals surface area contributed by atoms with Crippen molar-refractivity contribution < 1.29 is 18.0 Å². The Labute approximate surface area is 247 Å². The maximum absolute atomic E-state index is 14.0. The van der Waals surface area contributed by atoms with E-state index < -0.39 is 15.9 Å². The first kappa shape index (κ1) is 30.4. The summed E-state index contributed by atoms with van der Waals surface area (Å²) >= 11 is 0. The summed E-state index contributed by atoms with van der Waals surface area (Å²) in [6.45, 7) is 11.3. The van der Waals surface area contributed by atoms with Crippen LogP contribution in [0.4, 0.5) is 28.4 Å². The number of carbonyl (C=O) groups excluding carboxylic acids is 2. The molecule has 42 heavy (non-hydrogen) atoms. The van der Waals surface area contributed by atoms with Crippen molar-refractivity contribution in [2.75, 3.05) is 35.7 Å². The molecular formula is C31H36N6O4S. The molecule has 0 unspecified atom stereocenters. The number of rotatable bonds is 9. The van der Waals surface area contributed by atoms with Gasteiger partial charge in [0.1, 0.15) is 4.90 Å². The number of nitrogens with zero attached hydrogens (tertiary/aromatic N) is 4. The van der Waals surface area contributed by atoms with Crippen molar-refractivity contribution in [1.29, 1.82) is 0 Å². The van der Waals surface area contributed by atoms with Crippen LogP contribution in [0.5, 0.6) is 0 Å². The number of hydrogen-bond donors (Lipinski definition) is 2. The number of sulfonamides is 1.